The highest BCUT2D eigenvalue weighted by atomic mass is 16.5. The molecule has 0 atom stereocenters. The van der Waals surface area contributed by atoms with Gasteiger partial charge in [-0.3, -0.25) is 9.59 Å². The number of para-hydroxylation sites is 1. The lowest BCUT2D eigenvalue weighted by Gasteiger charge is -2.18. The molecular weight excluding hydrogens is 526 g/mol. The van der Waals surface area contributed by atoms with Crippen LogP contribution in [0.3, 0.4) is 0 Å². The van der Waals surface area contributed by atoms with Gasteiger partial charge in [-0.15, -0.1) is 0 Å². The Hall–Kier alpha value is -5.24. The summed E-state index contributed by atoms with van der Waals surface area (Å²) in [6, 6.07) is 21.7. The molecule has 42 heavy (non-hydrogen) atoms. The Labute approximate surface area is 245 Å². The SMILES string of the molecule is CC(=O)Nc1ccc(/C=C/C(=O)NCc2cccn2-c2ccc(C)c(COc3cccc4ccc(C)nc34)c2C)cn1. The lowest BCUT2D eigenvalue weighted by molar-refractivity contribution is -0.116. The topological polar surface area (TPSA) is 98.1 Å². The fourth-order valence-electron chi connectivity index (χ4n) is 4.81. The van der Waals surface area contributed by atoms with Crippen LogP contribution in [0.15, 0.2) is 85.2 Å². The van der Waals surface area contributed by atoms with Crippen molar-refractivity contribution in [3.8, 4) is 11.4 Å². The van der Waals surface area contributed by atoms with E-state index in [9.17, 15) is 9.59 Å². The number of pyridine rings is 2. The number of amides is 2. The van der Waals surface area contributed by atoms with Crippen LogP contribution in [0.25, 0.3) is 22.7 Å². The zero-order chi connectivity index (χ0) is 29.6. The molecule has 0 spiro atoms. The number of benzene rings is 2. The Balaban J connectivity index is 1.27. The predicted octanol–water partition coefficient (Wildman–Crippen LogP) is 6.21. The molecule has 0 fully saturated rings. The second kappa shape index (κ2) is 12.5. The molecule has 5 aromatic rings. The van der Waals surface area contributed by atoms with E-state index in [0.29, 0.717) is 19.0 Å². The fourth-order valence-corrected chi connectivity index (χ4v) is 4.81. The van der Waals surface area contributed by atoms with Crippen molar-refractivity contribution in [2.24, 2.45) is 0 Å². The molecule has 3 aromatic heterocycles. The molecule has 2 aromatic carbocycles. The van der Waals surface area contributed by atoms with Crippen LogP contribution in [0.5, 0.6) is 5.75 Å². The number of aryl methyl sites for hydroxylation is 2. The molecule has 8 heteroatoms. The molecule has 2 N–H and O–H groups in total. The molecule has 0 unspecified atom stereocenters. The largest absolute Gasteiger partial charge is 0.487 e. The van der Waals surface area contributed by atoms with Gasteiger partial charge in [-0.1, -0.05) is 24.3 Å². The Kier molecular flexibility index (Phi) is 8.43. The van der Waals surface area contributed by atoms with Gasteiger partial charge >= 0.3 is 0 Å². The van der Waals surface area contributed by atoms with Crippen LogP contribution < -0.4 is 15.4 Å². The summed E-state index contributed by atoms with van der Waals surface area (Å²) in [5, 5.41) is 6.63. The maximum atomic E-state index is 12.6. The molecular formula is C34H33N5O3. The highest BCUT2D eigenvalue weighted by Gasteiger charge is 2.13. The van der Waals surface area contributed by atoms with Gasteiger partial charge in [0.1, 0.15) is 23.7 Å². The van der Waals surface area contributed by atoms with Crippen LogP contribution in [0.1, 0.15) is 40.6 Å². The van der Waals surface area contributed by atoms with Gasteiger partial charge in [0.25, 0.3) is 0 Å². The van der Waals surface area contributed by atoms with E-state index in [1.165, 1.54) is 13.0 Å². The van der Waals surface area contributed by atoms with Crippen LogP contribution in [0.4, 0.5) is 5.82 Å². The second-order valence-corrected chi connectivity index (χ2v) is 10.2. The second-order valence-electron chi connectivity index (χ2n) is 10.2. The highest BCUT2D eigenvalue weighted by molar-refractivity contribution is 5.92. The zero-order valence-electron chi connectivity index (χ0n) is 24.1. The molecule has 0 saturated heterocycles. The molecule has 0 bridgehead atoms. The standard InChI is InChI=1S/C34H33N5O3/c1-22-10-15-30(24(3)29(22)21-42-31-9-5-7-27-14-11-23(2)37-34(27)31)39-18-6-8-28(39)20-36-33(41)17-13-26-12-16-32(35-19-26)38-25(4)40/h5-19H,20-21H2,1-4H3,(H,36,41)(H,35,38,40)/b17-13+. The van der Waals surface area contributed by atoms with Gasteiger partial charge in [0, 0.05) is 47.9 Å². The summed E-state index contributed by atoms with van der Waals surface area (Å²) in [7, 11) is 0. The maximum Gasteiger partial charge on any atom is 0.244 e. The summed E-state index contributed by atoms with van der Waals surface area (Å²) >= 11 is 0. The van der Waals surface area contributed by atoms with E-state index in [4.69, 9.17) is 9.72 Å². The molecule has 0 aliphatic carbocycles. The van der Waals surface area contributed by atoms with Crippen molar-refractivity contribution < 1.29 is 14.3 Å². The Morgan fingerprint density at radius 2 is 1.83 bits per heavy atom. The van der Waals surface area contributed by atoms with Crippen molar-refractivity contribution >= 4 is 34.6 Å². The third kappa shape index (κ3) is 6.55. The molecule has 0 aliphatic heterocycles. The van der Waals surface area contributed by atoms with E-state index < -0.39 is 0 Å². The number of anilines is 1. The maximum absolute atomic E-state index is 12.6. The summed E-state index contributed by atoms with van der Waals surface area (Å²) < 4.78 is 8.42. The van der Waals surface area contributed by atoms with Crippen molar-refractivity contribution in [3.63, 3.8) is 0 Å². The normalized spacial score (nSPS) is 11.1. The van der Waals surface area contributed by atoms with Crippen molar-refractivity contribution in [2.45, 2.75) is 40.8 Å². The Morgan fingerprint density at radius 1 is 0.976 bits per heavy atom. The third-order valence-electron chi connectivity index (χ3n) is 7.05. The molecule has 212 valence electrons. The van der Waals surface area contributed by atoms with Gasteiger partial charge in [-0.25, -0.2) is 9.97 Å². The number of fused-ring (bicyclic) bond motifs is 1. The lowest BCUT2D eigenvalue weighted by atomic mass is 10.0. The molecule has 0 radical (unpaired) electrons. The quantitative estimate of drug-likeness (QED) is 0.209. The van der Waals surface area contributed by atoms with E-state index in [-0.39, 0.29) is 11.8 Å². The summed E-state index contributed by atoms with van der Waals surface area (Å²) in [5.74, 6) is 0.820. The first-order chi connectivity index (χ1) is 20.3. The lowest BCUT2D eigenvalue weighted by Crippen LogP contribution is -2.22. The number of hydrogen-bond donors (Lipinski definition) is 2. The highest BCUT2D eigenvalue weighted by Crippen LogP contribution is 2.28. The van der Waals surface area contributed by atoms with Gasteiger partial charge in [0.15, 0.2) is 0 Å². The first-order valence-corrected chi connectivity index (χ1v) is 13.7. The van der Waals surface area contributed by atoms with Crippen molar-refractivity contribution in [1.29, 1.82) is 0 Å². The van der Waals surface area contributed by atoms with Crippen molar-refractivity contribution in [3.05, 3.63) is 119 Å². The van der Waals surface area contributed by atoms with Crippen molar-refractivity contribution in [2.75, 3.05) is 5.32 Å². The smallest absolute Gasteiger partial charge is 0.244 e. The Bertz CT molecular complexity index is 1790. The minimum atomic E-state index is -0.220. The van der Waals surface area contributed by atoms with Crippen LogP contribution in [-0.4, -0.2) is 26.3 Å². The number of aromatic nitrogens is 3. The first kappa shape index (κ1) is 28.3. The number of carbonyl (C=O) groups is 2. The summed E-state index contributed by atoms with van der Waals surface area (Å²) in [6.45, 7) is 8.37. The Morgan fingerprint density at radius 3 is 2.62 bits per heavy atom. The van der Waals surface area contributed by atoms with Gasteiger partial charge in [-0.05, 0) is 91.6 Å². The average molecular weight is 560 g/mol. The van der Waals surface area contributed by atoms with Gasteiger partial charge in [-0.2, -0.15) is 0 Å². The monoisotopic (exact) mass is 559 g/mol. The summed E-state index contributed by atoms with van der Waals surface area (Å²) in [6.07, 6.45) is 6.75. The van der Waals surface area contributed by atoms with Gasteiger partial charge < -0.3 is 19.9 Å². The van der Waals surface area contributed by atoms with Crippen LogP contribution in [0.2, 0.25) is 0 Å². The number of nitrogens with zero attached hydrogens (tertiary/aromatic N) is 3. The van der Waals surface area contributed by atoms with Crippen LogP contribution >= 0.6 is 0 Å². The fraction of sp³-hybridized carbons (Fsp3) is 0.176. The molecule has 2 amide bonds. The predicted molar refractivity (Wildman–Crippen MR) is 165 cm³/mol. The van der Waals surface area contributed by atoms with Crippen LogP contribution in [-0.2, 0) is 22.7 Å². The third-order valence-corrected chi connectivity index (χ3v) is 7.05. The van der Waals surface area contributed by atoms with Crippen LogP contribution in [0, 0.1) is 20.8 Å². The zero-order valence-corrected chi connectivity index (χ0v) is 24.1. The molecule has 5 rings (SSSR count). The minimum absolute atomic E-state index is 0.186. The average Bonchev–Trinajstić information content (AvgIpc) is 3.44. The minimum Gasteiger partial charge on any atom is -0.487 e. The number of hydrogen-bond acceptors (Lipinski definition) is 5. The van der Waals surface area contributed by atoms with E-state index >= 15 is 0 Å². The molecule has 3 heterocycles. The number of ether oxygens (including phenoxy) is 1. The van der Waals surface area contributed by atoms with E-state index in [1.807, 2.05) is 49.5 Å². The van der Waals surface area contributed by atoms with E-state index in [0.717, 1.165) is 56.0 Å². The summed E-state index contributed by atoms with van der Waals surface area (Å²) in [4.78, 5) is 32.6. The molecule has 0 saturated carbocycles. The molecule has 8 nitrogen and oxygen atoms in total. The van der Waals surface area contributed by atoms with Gasteiger partial charge in [0.2, 0.25) is 11.8 Å². The van der Waals surface area contributed by atoms with E-state index in [2.05, 4.69) is 52.2 Å². The van der Waals surface area contributed by atoms with E-state index in [1.54, 1.807) is 24.4 Å². The molecule has 0 aliphatic rings. The van der Waals surface area contributed by atoms with Crippen molar-refractivity contribution in [1.82, 2.24) is 19.9 Å². The summed E-state index contributed by atoms with van der Waals surface area (Å²) in [5.41, 5.74) is 7.91. The first-order valence-electron chi connectivity index (χ1n) is 13.7. The van der Waals surface area contributed by atoms with Gasteiger partial charge in [0.05, 0.1) is 6.54 Å². The number of nitrogens with one attached hydrogen (secondary N) is 2. The number of rotatable bonds is 9. The number of carbonyl (C=O) groups excluding carboxylic acids is 2.